The van der Waals surface area contributed by atoms with Crippen molar-refractivity contribution in [3.8, 4) is 0 Å². The maximum Gasteiger partial charge on any atom is 0.414 e. The van der Waals surface area contributed by atoms with E-state index in [0.717, 1.165) is 26.3 Å². The molecule has 1 fully saturated rings. The number of hydrogen-bond acceptors (Lipinski definition) is 2. The molecule has 1 N–H and O–H groups in total. The van der Waals surface area contributed by atoms with Crippen LogP contribution in [0.15, 0.2) is 0 Å². The molecule has 5 atom stereocenters. The highest BCUT2D eigenvalue weighted by Gasteiger charge is 2.42. The molecule has 0 aromatic heterocycles. The molecule has 5 heteroatoms. The van der Waals surface area contributed by atoms with Crippen molar-refractivity contribution in [2.75, 3.05) is 6.54 Å². The smallest absolute Gasteiger partial charge is 0.364 e. The lowest BCUT2D eigenvalue weighted by Gasteiger charge is -2.41. The second-order valence-electron chi connectivity index (χ2n) is 5.50. The van der Waals surface area contributed by atoms with E-state index in [4.69, 9.17) is 4.74 Å². The Kier molecular flexibility index (Phi) is 5.46. The molecule has 0 radical (unpaired) electrons. The van der Waals surface area contributed by atoms with Gasteiger partial charge in [-0.25, -0.2) is 0 Å². The van der Waals surface area contributed by atoms with Crippen LogP contribution in [0.2, 0.25) is 0 Å². The summed E-state index contributed by atoms with van der Waals surface area (Å²) in [6, 6.07) is 0.0264. The summed E-state index contributed by atoms with van der Waals surface area (Å²) in [6.07, 6.45) is -4.51. The topological polar surface area (TPSA) is 21.3 Å². The Balaban J connectivity index is 2.69. The Bertz CT molecular complexity index is 257. The largest absolute Gasteiger partial charge is 0.414 e. The van der Waals surface area contributed by atoms with Gasteiger partial charge in [-0.05, 0) is 38.1 Å². The standard InChI is InChI=1S/C13H24F3NO/c1-5-17-11-7-8(2)6-9(3)12(11)18-10(4)13(14,15)16/h8-12,17H,5-7H2,1-4H3. The molecule has 1 aliphatic rings. The highest BCUT2D eigenvalue weighted by Crippen LogP contribution is 2.34. The molecule has 1 aliphatic carbocycles. The van der Waals surface area contributed by atoms with Crippen LogP contribution in [0.3, 0.4) is 0 Å². The zero-order chi connectivity index (χ0) is 13.9. The minimum atomic E-state index is -4.28. The van der Waals surface area contributed by atoms with E-state index < -0.39 is 12.3 Å². The molecule has 0 spiro atoms. The fourth-order valence-electron chi connectivity index (χ4n) is 2.83. The average molecular weight is 267 g/mol. The monoisotopic (exact) mass is 267 g/mol. The molecule has 108 valence electrons. The summed E-state index contributed by atoms with van der Waals surface area (Å²) >= 11 is 0. The van der Waals surface area contributed by atoms with Gasteiger partial charge in [0.05, 0.1) is 6.10 Å². The van der Waals surface area contributed by atoms with E-state index in [-0.39, 0.29) is 18.1 Å². The zero-order valence-electron chi connectivity index (χ0n) is 11.6. The van der Waals surface area contributed by atoms with Crippen LogP contribution >= 0.6 is 0 Å². The Hall–Kier alpha value is -0.290. The van der Waals surface area contributed by atoms with Crippen molar-refractivity contribution in [1.82, 2.24) is 5.32 Å². The van der Waals surface area contributed by atoms with E-state index in [0.29, 0.717) is 5.92 Å². The van der Waals surface area contributed by atoms with Gasteiger partial charge in [0, 0.05) is 6.04 Å². The zero-order valence-corrected chi connectivity index (χ0v) is 11.6. The van der Waals surface area contributed by atoms with E-state index in [1.54, 1.807) is 0 Å². The summed E-state index contributed by atoms with van der Waals surface area (Å²) in [6.45, 7) is 7.93. The lowest BCUT2D eigenvalue weighted by atomic mass is 9.78. The number of halogens is 3. The number of rotatable bonds is 4. The van der Waals surface area contributed by atoms with E-state index in [9.17, 15) is 13.2 Å². The molecule has 5 unspecified atom stereocenters. The third-order valence-electron chi connectivity index (χ3n) is 3.68. The molecule has 0 amide bonds. The molecular formula is C13H24F3NO. The van der Waals surface area contributed by atoms with Gasteiger partial charge in [0.1, 0.15) is 0 Å². The third kappa shape index (κ3) is 4.12. The first kappa shape index (κ1) is 15.8. The molecule has 18 heavy (non-hydrogen) atoms. The van der Waals surface area contributed by atoms with Crippen LogP contribution in [0.25, 0.3) is 0 Å². The van der Waals surface area contributed by atoms with Gasteiger partial charge >= 0.3 is 6.18 Å². The molecule has 0 bridgehead atoms. The Morgan fingerprint density at radius 3 is 2.39 bits per heavy atom. The van der Waals surface area contributed by atoms with E-state index in [2.05, 4.69) is 12.2 Å². The Labute approximate surface area is 107 Å². The summed E-state index contributed by atoms with van der Waals surface area (Å²) < 4.78 is 43.0. The SMILES string of the molecule is CCNC1CC(C)CC(C)C1OC(C)C(F)(F)F. The molecule has 0 aromatic rings. The maximum absolute atomic E-state index is 12.6. The fraction of sp³-hybridized carbons (Fsp3) is 1.00. The molecule has 2 nitrogen and oxygen atoms in total. The number of nitrogens with one attached hydrogen (secondary N) is 1. The Morgan fingerprint density at radius 1 is 1.28 bits per heavy atom. The number of likely N-dealkylation sites (N-methyl/N-ethyl adjacent to an activating group) is 1. The summed E-state index contributed by atoms with van der Waals surface area (Å²) in [5, 5.41) is 3.26. The van der Waals surface area contributed by atoms with Crippen molar-refractivity contribution in [2.45, 2.75) is 65.0 Å². The van der Waals surface area contributed by atoms with Gasteiger partial charge in [0.2, 0.25) is 0 Å². The summed E-state index contributed by atoms with van der Waals surface area (Å²) in [5.41, 5.74) is 0. The van der Waals surface area contributed by atoms with Crippen molar-refractivity contribution in [3.05, 3.63) is 0 Å². The summed E-state index contributed by atoms with van der Waals surface area (Å²) in [7, 11) is 0. The highest BCUT2D eigenvalue weighted by molar-refractivity contribution is 4.89. The molecule has 0 aromatic carbocycles. The predicted octanol–water partition coefficient (Wildman–Crippen LogP) is 3.37. The minimum absolute atomic E-state index is 0.0264. The Morgan fingerprint density at radius 2 is 1.89 bits per heavy atom. The van der Waals surface area contributed by atoms with E-state index >= 15 is 0 Å². The number of ether oxygens (including phenoxy) is 1. The lowest BCUT2D eigenvalue weighted by Crippen LogP contribution is -2.51. The van der Waals surface area contributed by atoms with Crippen LogP contribution in [0.5, 0.6) is 0 Å². The highest BCUT2D eigenvalue weighted by atomic mass is 19.4. The third-order valence-corrected chi connectivity index (χ3v) is 3.68. The van der Waals surface area contributed by atoms with Gasteiger partial charge in [-0.3, -0.25) is 0 Å². The van der Waals surface area contributed by atoms with Gasteiger partial charge < -0.3 is 10.1 Å². The van der Waals surface area contributed by atoms with Crippen molar-refractivity contribution >= 4 is 0 Å². The second kappa shape index (κ2) is 6.24. The molecular weight excluding hydrogens is 243 g/mol. The van der Waals surface area contributed by atoms with Crippen LogP contribution in [0, 0.1) is 11.8 Å². The lowest BCUT2D eigenvalue weighted by molar-refractivity contribution is -0.237. The molecule has 1 saturated carbocycles. The normalized spacial score (nSPS) is 35.5. The molecule has 0 heterocycles. The van der Waals surface area contributed by atoms with Crippen LogP contribution < -0.4 is 5.32 Å². The van der Waals surface area contributed by atoms with Gasteiger partial charge in [0.15, 0.2) is 6.10 Å². The average Bonchev–Trinajstić information content (AvgIpc) is 2.21. The first-order valence-electron chi connectivity index (χ1n) is 6.71. The van der Waals surface area contributed by atoms with Crippen LogP contribution in [-0.4, -0.2) is 31.0 Å². The van der Waals surface area contributed by atoms with Gasteiger partial charge in [0.25, 0.3) is 0 Å². The number of alkyl halides is 3. The summed E-state index contributed by atoms with van der Waals surface area (Å²) in [5.74, 6) is 0.688. The van der Waals surface area contributed by atoms with Crippen LogP contribution in [0.1, 0.15) is 40.5 Å². The summed E-state index contributed by atoms with van der Waals surface area (Å²) in [4.78, 5) is 0. The molecule has 1 rings (SSSR count). The number of hydrogen-bond donors (Lipinski definition) is 1. The van der Waals surface area contributed by atoms with Crippen molar-refractivity contribution in [2.24, 2.45) is 11.8 Å². The van der Waals surface area contributed by atoms with Crippen LogP contribution in [-0.2, 0) is 4.74 Å². The molecule has 0 saturated heterocycles. The minimum Gasteiger partial charge on any atom is -0.364 e. The van der Waals surface area contributed by atoms with E-state index in [1.807, 2.05) is 13.8 Å². The predicted molar refractivity (Wildman–Crippen MR) is 65.4 cm³/mol. The molecule has 0 aliphatic heterocycles. The first-order chi connectivity index (χ1) is 8.25. The quantitative estimate of drug-likeness (QED) is 0.843. The van der Waals surface area contributed by atoms with E-state index in [1.165, 1.54) is 0 Å². The van der Waals surface area contributed by atoms with Gasteiger partial charge in [-0.1, -0.05) is 20.8 Å². The van der Waals surface area contributed by atoms with Gasteiger partial charge in [-0.2, -0.15) is 13.2 Å². The second-order valence-corrected chi connectivity index (χ2v) is 5.50. The van der Waals surface area contributed by atoms with Crippen molar-refractivity contribution in [1.29, 1.82) is 0 Å². The fourth-order valence-corrected chi connectivity index (χ4v) is 2.83. The first-order valence-corrected chi connectivity index (χ1v) is 6.71. The van der Waals surface area contributed by atoms with Gasteiger partial charge in [-0.15, -0.1) is 0 Å². The van der Waals surface area contributed by atoms with Crippen LogP contribution in [0.4, 0.5) is 13.2 Å². The van der Waals surface area contributed by atoms with Crippen molar-refractivity contribution < 1.29 is 17.9 Å². The maximum atomic E-state index is 12.6. The van der Waals surface area contributed by atoms with Crippen molar-refractivity contribution in [3.63, 3.8) is 0 Å².